The second-order valence-electron chi connectivity index (χ2n) is 2.70. The second-order valence-corrected chi connectivity index (χ2v) is 4.16. The van der Waals surface area contributed by atoms with Crippen molar-refractivity contribution in [3.8, 4) is 10.9 Å². The van der Waals surface area contributed by atoms with Crippen molar-refractivity contribution in [2.45, 2.75) is 0 Å². The van der Waals surface area contributed by atoms with Crippen molar-refractivity contribution in [3.05, 3.63) is 40.4 Å². The number of nitrogens with zero attached hydrogens (tertiary/aromatic N) is 1. The van der Waals surface area contributed by atoms with Gasteiger partial charge in [0.05, 0.1) is 11.1 Å². The topological polar surface area (TPSA) is 39.2 Å². The molecule has 5 heteroatoms. The monoisotopic (exact) mass is 239 g/mol. The smallest absolute Gasteiger partial charge is 0.279 e. The van der Waals surface area contributed by atoms with E-state index in [2.05, 4.69) is 4.98 Å². The van der Waals surface area contributed by atoms with E-state index in [0.29, 0.717) is 20.8 Å². The maximum Gasteiger partial charge on any atom is 0.279 e. The quantitative estimate of drug-likeness (QED) is 0.771. The van der Waals surface area contributed by atoms with Crippen LogP contribution in [0.25, 0.3) is 0 Å². The molecule has 1 aromatic carbocycles. The van der Waals surface area contributed by atoms with Crippen molar-refractivity contribution in [2.24, 2.45) is 0 Å². The Labute approximate surface area is 95.3 Å². The van der Waals surface area contributed by atoms with Gasteiger partial charge in [0.15, 0.2) is 6.29 Å². The highest BCUT2D eigenvalue weighted by atomic mass is 35.5. The number of hydrogen-bond acceptors (Lipinski definition) is 4. The summed E-state index contributed by atoms with van der Waals surface area (Å²) < 4.78 is 5.41. The Morgan fingerprint density at radius 1 is 1.33 bits per heavy atom. The van der Waals surface area contributed by atoms with E-state index in [1.165, 1.54) is 17.5 Å². The molecule has 1 aromatic heterocycles. The first-order chi connectivity index (χ1) is 7.28. The summed E-state index contributed by atoms with van der Waals surface area (Å²) >= 11 is 6.92. The van der Waals surface area contributed by atoms with Gasteiger partial charge >= 0.3 is 0 Å². The van der Waals surface area contributed by atoms with Crippen LogP contribution >= 0.6 is 22.9 Å². The Hall–Kier alpha value is -1.39. The molecule has 0 N–H and O–H groups in total. The zero-order chi connectivity index (χ0) is 10.7. The third-order valence-corrected chi connectivity index (χ3v) is 2.69. The molecule has 0 radical (unpaired) electrons. The van der Waals surface area contributed by atoms with Crippen LogP contribution in [0, 0.1) is 0 Å². The Morgan fingerprint density at radius 2 is 2.07 bits per heavy atom. The zero-order valence-electron chi connectivity index (χ0n) is 7.51. The molecule has 0 aliphatic carbocycles. The largest absolute Gasteiger partial charge is 0.431 e. The lowest BCUT2D eigenvalue weighted by molar-refractivity contribution is 0.112. The molecule has 3 nitrogen and oxygen atoms in total. The van der Waals surface area contributed by atoms with E-state index < -0.39 is 0 Å². The molecule has 1 heterocycles. The van der Waals surface area contributed by atoms with E-state index in [0.717, 1.165) is 6.29 Å². The molecule has 0 amide bonds. The summed E-state index contributed by atoms with van der Waals surface area (Å²) in [5.41, 5.74) is 0. The van der Waals surface area contributed by atoms with Crippen LogP contribution in [0.3, 0.4) is 0 Å². The highest BCUT2D eigenvalue weighted by Crippen LogP contribution is 2.26. The minimum Gasteiger partial charge on any atom is -0.431 e. The Kier molecular flexibility index (Phi) is 2.99. The van der Waals surface area contributed by atoms with Gasteiger partial charge in [0.1, 0.15) is 5.75 Å². The van der Waals surface area contributed by atoms with Gasteiger partial charge in [0.2, 0.25) is 0 Å². The SMILES string of the molecule is O=Cc1cnc(Oc2ccc(Cl)cc2)s1. The Balaban J connectivity index is 2.14. The molecule has 2 aromatic rings. The third kappa shape index (κ3) is 2.55. The standard InChI is InChI=1S/C10H6ClNO2S/c11-7-1-3-8(4-2-7)14-10-12-5-9(6-13)15-10/h1-6H. The fourth-order valence-corrected chi connectivity index (χ4v) is 1.70. The first-order valence-electron chi connectivity index (χ1n) is 4.12. The predicted octanol–water partition coefficient (Wildman–Crippen LogP) is 3.40. The zero-order valence-corrected chi connectivity index (χ0v) is 9.09. The van der Waals surface area contributed by atoms with Crippen molar-refractivity contribution >= 4 is 29.2 Å². The van der Waals surface area contributed by atoms with Gasteiger partial charge in [-0.15, -0.1) is 0 Å². The molecule has 0 fully saturated rings. The van der Waals surface area contributed by atoms with E-state index in [4.69, 9.17) is 16.3 Å². The summed E-state index contributed by atoms with van der Waals surface area (Å²) in [4.78, 5) is 14.9. The molecule has 76 valence electrons. The molecule has 0 unspecified atom stereocenters. The number of hydrogen-bond donors (Lipinski definition) is 0. The maximum atomic E-state index is 10.4. The Bertz CT molecular complexity index is 467. The van der Waals surface area contributed by atoms with Gasteiger partial charge in [-0.25, -0.2) is 4.98 Å². The van der Waals surface area contributed by atoms with E-state index >= 15 is 0 Å². The lowest BCUT2D eigenvalue weighted by atomic mass is 10.3. The van der Waals surface area contributed by atoms with Gasteiger partial charge < -0.3 is 4.74 Å². The van der Waals surface area contributed by atoms with Crippen molar-refractivity contribution < 1.29 is 9.53 Å². The van der Waals surface area contributed by atoms with E-state index in [9.17, 15) is 4.79 Å². The van der Waals surface area contributed by atoms with E-state index in [1.807, 2.05) is 0 Å². The average molecular weight is 240 g/mol. The lowest BCUT2D eigenvalue weighted by Gasteiger charge is -2.00. The number of carbonyl (C=O) groups is 1. The number of benzene rings is 1. The summed E-state index contributed by atoms with van der Waals surface area (Å²) in [6, 6.07) is 6.94. The molecule has 0 saturated heterocycles. The number of aromatic nitrogens is 1. The number of thiazole rings is 1. The number of rotatable bonds is 3. The van der Waals surface area contributed by atoms with E-state index in [-0.39, 0.29) is 0 Å². The first-order valence-corrected chi connectivity index (χ1v) is 5.32. The van der Waals surface area contributed by atoms with Gasteiger partial charge in [0.25, 0.3) is 5.19 Å². The lowest BCUT2D eigenvalue weighted by Crippen LogP contribution is -1.81. The van der Waals surface area contributed by atoms with Crippen LogP contribution in [0.5, 0.6) is 10.9 Å². The molecular weight excluding hydrogens is 234 g/mol. The van der Waals surface area contributed by atoms with Crippen LogP contribution in [-0.2, 0) is 0 Å². The van der Waals surface area contributed by atoms with Gasteiger partial charge in [-0.05, 0) is 24.3 Å². The molecule has 0 spiro atoms. The first kappa shape index (κ1) is 10.1. The van der Waals surface area contributed by atoms with Crippen LogP contribution < -0.4 is 4.74 Å². The van der Waals surface area contributed by atoms with Crippen LogP contribution in [0.15, 0.2) is 30.5 Å². The highest BCUT2D eigenvalue weighted by Gasteiger charge is 2.03. The minimum atomic E-state index is 0.444. The van der Waals surface area contributed by atoms with Crippen molar-refractivity contribution in [3.63, 3.8) is 0 Å². The fraction of sp³-hybridized carbons (Fsp3) is 0. The predicted molar refractivity (Wildman–Crippen MR) is 59.0 cm³/mol. The normalized spacial score (nSPS) is 9.93. The van der Waals surface area contributed by atoms with Crippen LogP contribution in [0.4, 0.5) is 0 Å². The van der Waals surface area contributed by atoms with Gasteiger partial charge in [-0.3, -0.25) is 4.79 Å². The second kappa shape index (κ2) is 4.42. The molecule has 0 aliphatic heterocycles. The molecule has 2 rings (SSSR count). The summed E-state index contributed by atoms with van der Waals surface area (Å²) in [5.74, 6) is 0.645. The van der Waals surface area contributed by atoms with Crippen LogP contribution in [0.2, 0.25) is 5.02 Å². The van der Waals surface area contributed by atoms with Crippen LogP contribution in [0.1, 0.15) is 9.67 Å². The molecule has 0 aliphatic rings. The number of aldehydes is 1. The maximum absolute atomic E-state index is 10.4. The van der Waals surface area contributed by atoms with Gasteiger partial charge in [-0.1, -0.05) is 22.9 Å². The molecular formula is C10H6ClNO2S. The molecule has 0 bridgehead atoms. The van der Waals surface area contributed by atoms with Gasteiger partial charge in [-0.2, -0.15) is 0 Å². The number of carbonyl (C=O) groups excluding carboxylic acids is 1. The molecule has 0 saturated carbocycles. The van der Waals surface area contributed by atoms with E-state index in [1.54, 1.807) is 24.3 Å². The fourth-order valence-electron chi connectivity index (χ4n) is 0.975. The average Bonchev–Trinajstić information content (AvgIpc) is 2.69. The summed E-state index contributed by atoms with van der Waals surface area (Å²) in [7, 11) is 0. The molecule has 0 atom stereocenters. The van der Waals surface area contributed by atoms with Gasteiger partial charge in [0, 0.05) is 5.02 Å². The summed E-state index contributed by atoms with van der Waals surface area (Å²) in [6.45, 7) is 0. The highest BCUT2D eigenvalue weighted by molar-refractivity contribution is 7.15. The van der Waals surface area contributed by atoms with Crippen molar-refractivity contribution in [1.29, 1.82) is 0 Å². The number of ether oxygens (including phenoxy) is 1. The van der Waals surface area contributed by atoms with Crippen LogP contribution in [-0.4, -0.2) is 11.3 Å². The third-order valence-electron chi connectivity index (χ3n) is 1.64. The number of halogens is 1. The summed E-state index contributed by atoms with van der Waals surface area (Å²) in [6.07, 6.45) is 2.22. The summed E-state index contributed by atoms with van der Waals surface area (Å²) in [5, 5.41) is 1.09. The molecule has 15 heavy (non-hydrogen) atoms. The minimum absolute atomic E-state index is 0.444. The van der Waals surface area contributed by atoms with Crippen molar-refractivity contribution in [1.82, 2.24) is 4.98 Å². The Morgan fingerprint density at radius 3 is 2.67 bits per heavy atom. The van der Waals surface area contributed by atoms with Crippen molar-refractivity contribution in [2.75, 3.05) is 0 Å².